The normalized spacial score (nSPS) is 13.2. The number of benzene rings is 1. The van der Waals surface area contributed by atoms with Gasteiger partial charge in [-0.05, 0) is 23.3 Å². The van der Waals surface area contributed by atoms with E-state index in [0.717, 1.165) is 11.3 Å². The lowest BCUT2D eigenvalue weighted by atomic mass is 10.0. The standard InChI is InChI=1S/C12H9N3O4/c13-11-9(10(12(17)18)15-19-11)5-1-2-7-6(3-5)4-8(16)14-7/h1-3H,4,13H2,(H,14,16)(H,17,18). The van der Waals surface area contributed by atoms with Crippen LogP contribution >= 0.6 is 0 Å². The molecule has 19 heavy (non-hydrogen) atoms. The van der Waals surface area contributed by atoms with Gasteiger partial charge in [0.2, 0.25) is 17.5 Å². The Morgan fingerprint density at radius 2 is 2.26 bits per heavy atom. The Bertz CT molecular complexity index is 705. The molecule has 1 aromatic carbocycles. The molecule has 0 saturated heterocycles. The zero-order valence-electron chi connectivity index (χ0n) is 9.64. The third-order valence-electron chi connectivity index (χ3n) is 2.94. The second-order valence-corrected chi connectivity index (χ2v) is 4.17. The summed E-state index contributed by atoms with van der Waals surface area (Å²) in [4.78, 5) is 22.3. The van der Waals surface area contributed by atoms with E-state index in [0.29, 0.717) is 5.56 Å². The fraction of sp³-hybridized carbons (Fsp3) is 0.0833. The molecule has 0 fully saturated rings. The first-order valence-electron chi connectivity index (χ1n) is 5.48. The molecule has 96 valence electrons. The molecular formula is C12H9N3O4. The molecule has 4 N–H and O–H groups in total. The van der Waals surface area contributed by atoms with Crippen LogP contribution < -0.4 is 11.1 Å². The first-order valence-corrected chi connectivity index (χ1v) is 5.48. The van der Waals surface area contributed by atoms with E-state index in [1.165, 1.54) is 0 Å². The number of fused-ring (bicyclic) bond motifs is 1. The number of carbonyl (C=O) groups excluding carboxylic acids is 1. The Labute approximate surface area is 107 Å². The molecule has 1 aliphatic rings. The average molecular weight is 259 g/mol. The van der Waals surface area contributed by atoms with Crippen LogP contribution in [0, 0.1) is 0 Å². The molecule has 0 bridgehead atoms. The van der Waals surface area contributed by atoms with Gasteiger partial charge in [-0.3, -0.25) is 4.79 Å². The Morgan fingerprint density at radius 1 is 1.47 bits per heavy atom. The van der Waals surface area contributed by atoms with E-state index in [-0.39, 0.29) is 29.5 Å². The quantitative estimate of drug-likeness (QED) is 0.743. The van der Waals surface area contributed by atoms with Crippen LogP contribution in [0.15, 0.2) is 22.7 Å². The lowest BCUT2D eigenvalue weighted by molar-refractivity contribution is -0.115. The van der Waals surface area contributed by atoms with Crippen molar-refractivity contribution < 1.29 is 19.2 Å². The molecule has 0 unspecified atom stereocenters. The summed E-state index contributed by atoms with van der Waals surface area (Å²) in [5, 5.41) is 15.1. The van der Waals surface area contributed by atoms with Gasteiger partial charge < -0.3 is 20.7 Å². The zero-order chi connectivity index (χ0) is 13.6. The summed E-state index contributed by atoms with van der Waals surface area (Å²) >= 11 is 0. The topological polar surface area (TPSA) is 118 Å². The fourth-order valence-electron chi connectivity index (χ4n) is 2.11. The van der Waals surface area contributed by atoms with Crippen molar-refractivity contribution in [1.29, 1.82) is 0 Å². The van der Waals surface area contributed by atoms with Crippen molar-refractivity contribution in [2.45, 2.75) is 6.42 Å². The number of carboxylic acids is 1. The van der Waals surface area contributed by atoms with E-state index in [9.17, 15) is 9.59 Å². The van der Waals surface area contributed by atoms with Gasteiger partial charge in [-0.1, -0.05) is 11.2 Å². The maximum Gasteiger partial charge on any atom is 0.358 e. The van der Waals surface area contributed by atoms with Crippen LogP contribution in [0.5, 0.6) is 0 Å². The van der Waals surface area contributed by atoms with Gasteiger partial charge in [0.05, 0.1) is 12.0 Å². The number of carboxylic acid groups (broad SMARTS) is 1. The van der Waals surface area contributed by atoms with E-state index >= 15 is 0 Å². The average Bonchev–Trinajstić information content (AvgIpc) is 2.89. The molecule has 3 rings (SSSR count). The number of nitrogen functional groups attached to an aromatic ring is 1. The summed E-state index contributed by atoms with van der Waals surface area (Å²) in [6.07, 6.45) is 0.261. The van der Waals surface area contributed by atoms with Gasteiger partial charge in [0, 0.05) is 5.69 Å². The number of nitrogens with one attached hydrogen (secondary N) is 1. The summed E-state index contributed by atoms with van der Waals surface area (Å²) in [5.74, 6) is -1.37. The van der Waals surface area contributed by atoms with Crippen LogP contribution in [-0.2, 0) is 11.2 Å². The van der Waals surface area contributed by atoms with Crippen molar-refractivity contribution in [3.05, 3.63) is 29.5 Å². The molecule has 2 aromatic rings. The van der Waals surface area contributed by atoms with E-state index in [1.54, 1.807) is 18.2 Å². The van der Waals surface area contributed by atoms with Gasteiger partial charge in [-0.2, -0.15) is 0 Å². The Hall–Kier alpha value is -2.83. The molecule has 2 heterocycles. The Kier molecular flexibility index (Phi) is 2.28. The van der Waals surface area contributed by atoms with Crippen LogP contribution in [0.25, 0.3) is 11.1 Å². The maximum atomic E-state index is 11.3. The van der Waals surface area contributed by atoms with Crippen LogP contribution in [0.1, 0.15) is 16.1 Å². The van der Waals surface area contributed by atoms with Crippen molar-refractivity contribution in [2.75, 3.05) is 11.1 Å². The van der Waals surface area contributed by atoms with Gasteiger partial charge >= 0.3 is 5.97 Å². The molecule has 0 saturated carbocycles. The third kappa shape index (κ3) is 1.71. The van der Waals surface area contributed by atoms with Gasteiger partial charge in [-0.25, -0.2) is 4.79 Å². The molecule has 1 aromatic heterocycles. The minimum absolute atomic E-state index is 0.0605. The summed E-state index contributed by atoms with van der Waals surface area (Å²) in [6, 6.07) is 5.08. The van der Waals surface area contributed by atoms with E-state index < -0.39 is 5.97 Å². The SMILES string of the molecule is Nc1onc(C(=O)O)c1-c1ccc2c(c1)CC(=O)N2. The van der Waals surface area contributed by atoms with Gasteiger partial charge in [0.25, 0.3) is 0 Å². The predicted octanol–water partition coefficient (Wildman–Crippen LogP) is 1.12. The van der Waals surface area contributed by atoms with Crippen molar-refractivity contribution in [2.24, 2.45) is 0 Å². The van der Waals surface area contributed by atoms with Crippen molar-refractivity contribution in [3.63, 3.8) is 0 Å². The predicted molar refractivity (Wildman–Crippen MR) is 65.6 cm³/mol. The maximum absolute atomic E-state index is 11.3. The van der Waals surface area contributed by atoms with Gasteiger partial charge in [-0.15, -0.1) is 0 Å². The Balaban J connectivity index is 2.14. The monoisotopic (exact) mass is 259 g/mol. The largest absolute Gasteiger partial charge is 0.476 e. The van der Waals surface area contributed by atoms with Crippen molar-refractivity contribution in [3.8, 4) is 11.1 Å². The summed E-state index contributed by atoms with van der Waals surface area (Å²) in [5.41, 5.74) is 7.67. The number of hydrogen-bond acceptors (Lipinski definition) is 5. The van der Waals surface area contributed by atoms with E-state index in [4.69, 9.17) is 15.4 Å². The number of amides is 1. The van der Waals surface area contributed by atoms with Crippen LogP contribution in [0.4, 0.5) is 11.6 Å². The smallest absolute Gasteiger partial charge is 0.358 e. The molecule has 0 atom stereocenters. The number of carbonyl (C=O) groups is 2. The summed E-state index contributed by atoms with van der Waals surface area (Å²) in [7, 11) is 0. The molecule has 1 aliphatic heterocycles. The highest BCUT2D eigenvalue weighted by Crippen LogP contribution is 2.34. The summed E-state index contributed by atoms with van der Waals surface area (Å²) in [6.45, 7) is 0. The van der Waals surface area contributed by atoms with Crippen molar-refractivity contribution in [1.82, 2.24) is 5.16 Å². The highest BCUT2D eigenvalue weighted by atomic mass is 16.5. The van der Waals surface area contributed by atoms with Crippen LogP contribution in [-0.4, -0.2) is 22.1 Å². The van der Waals surface area contributed by atoms with Crippen molar-refractivity contribution >= 4 is 23.4 Å². The van der Waals surface area contributed by atoms with Gasteiger partial charge in [0.1, 0.15) is 0 Å². The molecule has 0 spiro atoms. The number of aromatic nitrogens is 1. The second-order valence-electron chi connectivity index (χ2n) is 4.17. The fourth-order valence-corrected chi connectivity index (χ4v) is 2.11. The van der Waals surface area contributed by atoms with E-state index in [2.05, 4.69) is 10.5 Å². The zero-order valence-corrected chi connectivity index (χ0v) is 9.64. The molecule has 7 nitrogen and oxygen atoms in total. The second kappa shape index (κ2) is 3.84. The van der Waals surface area contributed by atoms with Gasteiger partial charge in [0.15, 0.2) is 0 Å². The number of aromatic carboxylic acids is 1. The van der Waals surface area contributed by atoms with Crippen LogP contribution in [0.3, 0.4) is 0 Å². The highest BCUT2D eigenvalue weighted by Gasteiger charge is 2.24. The number of anilines is 2. The molecule has 0 radical (unpaired) electrons. The first kappa shape index (κ1) is 11.3. The molecule has 1 amide bonds. The molecular weight excluding hydrogens is 250 g/mol. The number of rotatable bonds is 2. The first-order chi connectivity index (χ1) is 9.06. The lowest BCUT2D eigenvalue weighted by Crippen LogP contribution is -2.03. The third-order valence-corrected chi connectivity index (χ3v) is 2.94. The molecule has 7 heteroatoms. The molecule has 0 aliphatic carbocycles. The van der Waals surface area contributed by atoms with Crippen LogP contribution in [0.2, 0.25) is 0 Å². The number of hydrogen-bond donors (Lipinski definition) is 3. The summed E-state index contributed by atoms with van der Waals surface area (Å²) < 4.78 is 4.72. The number of nitrogens with two attached hydrogens (primary N) is 1. The number of nitrogens with zero attached hydrogens (tertiary/aromatic N) is 1. The Morgan fingerprint density at radius 3 is 3.00 bits per heavy atom. The van der Waals surface area contributed by atoms with E-state index in [1.807, 2.05) is 0 Å². The minimum atomic E-state index is -1.22. The highest BCUT2D eigenvalue weighted by molar-refractivity contribution is 6.01. The lowest BCUT2D eigenvalue weighted by Gasteiger charge is -2.03. The minimum Gasteiger partial charge on any atom is -0.476 e.